The van der Waals surface area contributed by atoms with Gasteiger partial charge < -0.3 is 15.8 Å². The van der Waals surface area contributed by atoms with E-state index in [9.17, 15) is 31.1 Å². The Morgan fingerprint density at radius 1 is 1.00 bits per heavy atom. The zero-order valence-electron chi connectivity index (χ0n) is 15.5. The highest BCUT2D eigenvalue weighted by atomic mass is 19.4. The fourth-order valence-corrected chi connectivity index (χ4v) is 3.42. The average molecular weight is 432 g/mol. The molecule has 0 bridgehead atoms. The summed E-state index contributed by atoms with van der Waals surface area (Å²) in [5.41, 5.74) is 2.34. The molecule has 30 heavy (non-hydrogen) atoms. The lowest BCUT2D eigenvalue weighted by molar-refractivity contribution is -0.143. The Bertz CT molecular complexity index is 881. The van der Waals surface area contributed by atoms with Gasteiger partial charge in [0.1, 0.15) is 0 Å². The van der Waals surface area contributed by atoms with E-state index in [1.165, 1.54) is 0 Å². The monoisotopic (exact) mass is 432 g/mol. The molecule has 1 aliphatic rings. The number of nitrogens with one attached hydrogen (secondary N) is 1. The highest BCUT2D eigenvalue weighted by Gasteiger charge is 2.44. The fraction of sp³-hybridized carbons (Fsp3) is 0.350. The third-order valence-corrected chi connectivity index (χ3v) is 4.86. The van der Waals surface area contributed by atoms with Crippen LogP contribution >= 0.6 is 0 Å². The molecule has 3 N–H and O–H groups in total. The van der Waals surface area contributed by atoms with E-state index in [2.05, 4.69) is 5.32 Å². The Morgan fingerprint density at radius 2 is 1.57 bits per heavy atom. The van der Waals surface area contributed by atoms with Gasteiger partial charge >= 0.3 is 12.4 Å². The molecular formula is C20H18F6N2O2. The van der Waals surface area contributed by atoms with E-state index in [0.29, 0.717) is 17.7 Å². The summed E-state index contributed by atoms with van der Waals surface area (Å²) in [5.74, 6) is -0.416. The number of amides is 1. The first-order valence-electron chi connectivity index (χ1n) is 8.90. The zero-order chi connectivity index (χ0) is 22.2. The van der Waals surface area contributed by atoms with Crippen LogP contribution in [0.2, 0.25) is 0 Å². The van der Waals surface area contributed by atoms with Crippen LogP contribution in [0.15, 0.2) is 48.5 Å². The number of alkyl halides is 6. The van der Waals surface area contributed by atoms with Crippen LogP contribution in [0.4, 0.5) is 26.3 Å². The van der Waals surface area contributed by atoms with Crippen molar-refractivity contribution in [3.05, 3.63) is 70.8 Å². The van der Waals surface area contributed by atoms with Crippen molar-refractivity contribution in [2.24, 2.45) is 5.73 Å². The second-order valence-corrected chi connectivity index (χ2v) is 7.15. The standard InChI is InChI=1S/C20H18F6N2O2/c21-19(22,23)14-6-12(7-15(8-14)20(24,25)26)10-30-11-18(9-16(27)17(29)28-18)13-4-2-1-3-5-13/h1-8,16H,9-11,27H2,(H,28,29). The van der Waals surface area contributed by atoms with Gasteiger partial charge in [0.2, 0.25) is 5.91 Å². The van der Waals surface area contributed by atoms with Gasteiger partial charge in [-0.25, -0.2) is 0 Å². The van der Waals surface area contributed by atoms with Crippen LogP contribution in [0.1, 0.15) is 28.7 Å². The quantitative estimate of drug-likeness (QED) is 0.703. The first-order chi connectivity index (χ1) is 13.9. The van der Waals surface area contributed by atoms with Gasteiger partial charge in [-0.3, -0.25) is 4.79 Å². The molecule has 0 saturated carbocycles. The number of carbonyl (C=O) groups excluding carboxylic acids is 1. The van der Waals surface area contributed by atoms with E-state index >= 15 is 0 Å². The van der Waals surface area contributed by atoms with Gasteiger partial charge in [-0.1, -0.05) is 30.3 Å². The van der Waals surface area contributed by atoms with Crippen molar-refractivity contribution >= 4 is 5.91 Å². The minimum atomic E-state index is -4.94. The second kappa shape index (κ2) is 7.92. The lowest BCUT2D eigenvalue weighted by Crippen LogP contribution is -2.43. The van der Waals surface area contributed by atoms with Crippen molar-refractivity contribution in [2.75, 3.05) is 6.61 Å². The van der Waals surface area contributed by atoms with Crippen LogP contribution in [0.25, 0.3) is 0 Å². The minimum Gasteiger partial charge on any atom is -0.374 e. The average Bonchev–Trinajstić information content (AvgIpc) is 2.96. The summed E-state index contributed by atoms with van der Waals surface area (Å²) in [4.78, 5) is 12.0. The smallest absolute Gasteiger partial charge is 0.374 e. The Hall–Kier alpha value is -2.59. The van der Waals surface area contributed by atoms with Crippen molar-refractivity contribution in [3.8, 4) is 0 Å². The van der Waals surface area contributed by atoms with Crippen molar-refractivity contribution in [1.82, 2.24) is 5.32 Å². The number of rotatable bonds is 5. The maximum absolute atomic E-state index is 13.0. The molecule has 3 rings (SSSR count). The molecule has 0 aliphatic carbocycles. The van der Waals surface area contributed by atoms with E-state index in [1.54, 1.807) is 30.3 Å². The van der Waals surface area contributed by atoms with Gasteiger partial charge in [0.05, 0.1) is 35.9 Å². The predicted molar refractivity (Wildman–Crippen MR) is 95.0 cm³/mol. The Balaban J connectivity index is 1.83. The predicted octanol–water partition coefficient (Wildman–Crippen LogP) is 3.98. The molecule has 2 aromatic carbocycles. The summed E-state index contributed by atoms with van der Waals surface area (Å²) in [6.45, 7) is -0.680. The van der Waals surface area contributed by atoms with Gasteiger partial charge in [0.15, 0.2) is 0 Å². The number of carbonyl (C=O) groups is 1. The van der Waals surface area contributed by atoms with Crippen LogP contribution in [0.3, 0.4) is 0 Å². The van der Waals surface area contributed by atoms with Gasteiger partial charge in [-0.2, -0.15) is 26.3 Å². The SMILES string of the molecule is NC1CC(COCc2cc(C(F)(F)F)cc(C(F)(F)F)c2)(c2ccccc2)NC1=O. The third kappa shape index (κ3) is 4.76. The summed E-state index contributed by atoms with van der Waals surface area (Å²) in [5, 5.41) is 2.74. The number of hydrogen-bond donors (Lipinski definition) is 2. The number of hydrogen-bond acceptors (Lipinski definition) is 3. The van der Waals surface area contributed by atoms with Crippen LogP contribution in [-0.4, -0.2) is 18.6 Å². The molecule has 10 heteroatoms. The van der Waals surface area contributed by atoms with Crippen LogP contribution < -0.4 is 11.1 Å². The Kier molecular flexibility index (Phi) is 5.83. The van der Waals surface area contributed by atoms with Crippen molar-refractivity contribution in [2.45, 2.75) is 37.0 Å². The van der Waals surface area contributed by atoms with E-state index in [0.717, 1.165) is 0 Å². The molecule has 2 unspecified atom stereocenters. The first kappa shape index (κ1) is 22.1. The van der Waals surface area contributed by atoms with E-state index in [-0.39, 0.29) is 24.7 Å². The normalized spacial score (nSPS) is 22.2. The highest BCUT2D eigenvalue weighted by Crippen LogP contribution is 2.37. The molecule has 1 fully saturated rings. The summed E-state index contributed by atoms with van der Waals surface area (Å²) < 4.78 is 83.5. The van der Waals surface area contributed by atoms with Gasteiger partial charge in [0.25, 0.3) is 0 Å². The number of benzene rings is 2. The molecule has 1 amide bonds. The molecule has 162 valence electrons. The van der Waals surface area contributed by atoms with E-state index < -0.39 is 47.6 Å². The van der Waals surface area contributed by atoms with Crippen molar-refractivity contribution in [1.29, 1.82) is 0 Å². The van der Waals surface area contributed by atoms with Gasteiger partial charge in [-0.05, 0) is 29.3 Å². The van der Waals surface area contributed by atoms with Gasteiger partial charge in [0, 0.05) is 6.42 Å². The summed E-state index contributed by atoms with van der Waals surface area (Å²) in [7, 11) is 0. The molecule has 4 nitrogen and oxygen atoms in total. The lowest BCUT2D eigenvalue weighted by atomic mass is 9.88. The molecule has 1 heterocycles. The second-order valence-electron chi connectivity index (χ2n) is 7.15. The van der Waals surface area contributed by atoms with Crippen molar-refractivity contribution < 1.29 is 35.9 Å². The van der Waals surface area contributed by atoms with Crippen molar-refractivity contribution in [3.63, 3.8) is 0 Å². The molecule has 0 spiro atoms. The van der Waals surface area contributed by atoms with Crippen LogP contribution in [-0.2, 0) is 34.0 Å². The number of ether oxygens (including phenoxy) is 1. The maximum Gasteiger partial charge on any atom is 0.416 e. The fourth-order valence-electron chi connectivity index (χ4n) is 3.42. The Morgan fingerprint density at radius 3 is 2.03 bits per heavy atom. The largest absolute Gasteiger partial charge is 0.416 e. The molecular weight excluding hydrogens is 414 g/mol. The number of nitrogens with two attached hydrogens (primary N) is 1. The molecule has 1 saturated heterocycles. The summed E-state index contributed by atoms with van der Waals surface area (Å²) in [6, 6.07) is 9.17. The zero-order valence-corrected chi connectivity index (χ0v) is 15.5. The molecule has 1 aliphatic heterocycles. The van der Waals surface area contributed by atoms with Crippen LogP contribution in [0, 0.1) is 0 Å². The maximum atomic E-state index is 13.0. The highest BCUT2D eigenvalue weighted by molar-refractivity contribution is 5.85. The molecule has 0 radical (unpaired) electrons. The topological polar surface area (TPSA) is 64.3 Å². The summed E-state index contributed by atoms with van der Waals surface area (Å²) in [6.07, 6.45) is -9.70. The molecule has 0 aromatic heterocycles. The van der Waals surface area contributed by atoms with Gasteiger partial charge in [-0.15, -0.1) is 0 Å². The molecule has 2 aromatic rings. The minimum absolute atomic E-state index is 0.0607. The third-order valence-electron chi connectivity index (χ3n) is 4.86. The summed E-state index contributed by atoms with van der Waals surface area (Å²) >= 11 is 0. The Labute approximate surface area is 168 Å². The first-order valence-corrected chi connectivity index (χ1v) is 8.90. The number of halogens is 6. The van der Waals surface area contributed by atoms with E-state index in [4.69, 9.17) is 10.5 Å². The lowest BCUT2D eigenvalue weighted by Gasteiger charge is -2.29. The van der Waals surface area contributed by atoms with E-state index in [1.807, 2.05) is 0 Å². The molecule has 2 atom stereocenters. The van der Waals surface area contributed by atoms with Crippen LogP contribution in [0.5, 0.6) is 0 Å².